The highest BCUT2D eigenvalue weighted by Crippen LogP contribution is 2.46. The zero-order chi connectivity index (χ0) is 22.3. The second-order valence-corrected chi connectivity index (χ2v) is 13.7. The first-order chi connectivity index (χ1) is 15.0. The second-order valence-electron chi connectivity index (χ2n) is 10.6. The normalized spacial score (nSPS) is 37.6. The van der Waals surface area contributed by atoms with Gasteiger partial charge in [0.05, 0.1) is 0 Å². The molecule has 0 amide bonds. The molecule has 31 heavy (non-hydrogen) atoms. The predicted molar refractivity (Wildman–Crippen MR) is 123 cm³/mol. The van der Waals surface area contributed by atoms with Gasteiger partial charge in [0.1, 0.15) is 12.3 Å². The molecule has 3 fully saturated rings. The van der Waals surface area contributed by atoms with Crippen LogP contribution in [0.15, 0.2) is 0 Å². The number of hydrogen-bond acceptors (Lipinski definition) is 3. The van der Waals surface area contributed by atoms with Gasteiger partial charge in [0.15, 0.2) is 0 Å². The molecule has 3 atom stereocenters. The highest BCUT2D eigenvalue weighted by Gasteiger charge is 2.38. The summed E-state index contributed by atoms with van der Waals surface area (Å²) in [6.07, 6.45) is 13.8. The highest BCUT2D eigenvalue weighted by molar-refractivity contribution is 6.60. The third kappa shape index (κ3) is 6.97. The van der Waals surface area contributed by atoms with Crippen molar-refractivity contribution < 1.29 is 22.1 Å². The van der Waals surface area contributed by atoms with E-state index in [-0.39, 0.29) is 0 Å². The molecule has 0 bridgehead atoms. The topological polar surface area (TPSA) is 27.7 Å². The molecule has 0 aliphatic heterocycles. The van der Waals surface area contributed by atoms with Crippen LogP contribution in [0.1, 0.15) is 89.9 Å². The van der Waals surface area contributed by atoms with E-state index in [0.29, 0.717) is 24.7 Å². The van der Waals surface area contributed by atoms with Crippen molar-refractivity contribution in [3.05, 3.63) is 0 Å². The fourth-order valence-electron chi connectivity index (χ4n) is 6.90. The smallest absolute Gasteiger partial charge is 0.377 e. The van der Waals surface area contributed by atoms with Gasteiger partial charge in [-0.1, -0.05) is 25.7 Å². The minimum absolute atomic E-state index is 0.440. The number of halogens is 2. The molecule has 0 heterocycles. The lowest BCUT2D eigenvalue weighted by atomic mass is 9.65. The molecule has 0 N–H and O–H groups in total. The molecule has 0 spiro atoms. The molecule has 3 unspecified atom stereocenters. The molecule has 3 saturated carbocycles. The summed E-state index contributed by atoms with van der Waals surface area (Å²) in [5.74, 6) is 3.76. The monoisotopic (exact) mass is 460 g/mol. The van der Waals surface area contributed by atoms with Crippen molar-refractivity contribution in [3.8, 4) is 0 Å². The Morgan fingerprint density at radius 3 is 1.61 bits per heavy atom. The maximum Gasteiger partial charge on any atom is 0.500 e. The zero-order valence-corrected chi connectivity index (χ0v) is 21.1. The van der Waals surface area contributed by atoms with Gasteiger partial charge in [-0.25, -0.2) is 8.78 Å². The molecule has 3 aliphatic carbocycles. The van der Waals surface area contributed by atoms with Crippen molar-refractivity contribution in [1.29, 1.82) is 0 Å². The predicted octanol–water partition coefficient (Wildman–Crippen LogP) is 7.12. The molecule has 0 aromatic heterocycles. The van der Waals surface area contributed by atoms with E-state index >= 15 is 0 Å². The van der Waals surface area contributed by atoms with Crippen LogP contribution in [0.25, 0.3) is 0 Å². The minimum Gasteiger partial charge on any atom is -0.377 e. The molecule has 3 aliphatic rings. The molecule has 3 nitrogen and oxygen atoms in total. The fraction of sp³-hybridized carbons (Fsp3) is 1.00. The Morgan fingerprint density at radius 1 is 0.613 bits per heavy atom. The Hall–Kier alpha value is -0.0431. The van der Waals surface area contributed by atoms with Gasteiger partial charge in [-0.05, 0) is 93.8 Å². The third-order valence-corrected chi connectivity index (χ3v) is 11.9. The van der Waals surface area contributed by atoms with E-state index in [1.54, 1.807) is 21.3 Å². The molecule has 0 aromatic rings. The summed E-state index contributed by atoms with van der Waals surface area (Å²) >= 11 is 0. The third-order valence-electron chi connectivity index (χ3n) is 9.05. The number of rotatable bonds is 10. The Bertz CT molecular complexity index is 495. The number of unbranched alkanes of at least 4 members (excludes halogenated alkanes) is 1. The first kappa shape index (κ1) is 25.6. The van der Waals surface area contributed by atoms with E-state index in [4.69, 9.17) is 13.3 Å². The standard InChI is InChI=1S/C25H46F2O3Si/c1-28-31(29-2,30-3)17-5-4-6-19-7-9-20(10-8-19)21-11-13-22(14-12-21)23-15-16-24(26)25(27)18-23/h19-25H,4-18H2,1-3H3. The summed E-state index contributed by atoms with van der Waals surface area (Å²) in [4.78, 5) is 0. The lowest BCUT2D eigenvalue weighted by Gasteiger charge is -2.41. The van der Waals surface area contributed by atoms with Gasteiger partial charge in [0.2, 0.25) is 0 Å². The zero-order valence-electron chi connectivity index (χ0n) is 20.1. The van der Waals surface area contributed by atoms with Crippen LogP contribution in [-0.4, -0.2) is 42.5 Å². The Labute approximate surface area is 190 Å². The van der Waals surface area contributed by atoms with Crippen LogP contribution in [-0.2, 0) is 13.3 Å². The summed E-state index contributed by atoms with van der Waals surface area (Å²) in [6, 6.07) is 0.908. The summed E-state index contributed by atoms with van der Waals surface area (Å²) < 4.78 is 43.9. The molecule has 6 heteroatoms. The maximum atomic E-state index is 13.8. The van der Waals surface area contributed by atoms with Crippen LogP contribution < -0.4 is 0 Å². The maximum absolute atomic E-state index is 13.8. The Kier molecular flexibility index (Phi) is 10.3. The molecule has 182 valence electrons. The summed E-state index contributed by atoms with van der Waals surface area (Å²) in [5.41, 5.74) is 0. The van der Waals surface area contributed by atoms with E-state index < -0.39 is 21.1 Å². The van der Waals surface area contributed by atoms with Crippen molar-refractivity contribution in [2.45, 2.75) is 108 Å². The van der Waals surface area contributed by atoms with Gasteiger partial charge in [-0.2, -0.15) is 0 Å². The fourth-order valence-corrected chi connectivity index (χ4v) is 8.70. The van der Waals surface area contributed by atoms with Crippen LogP contribution in [0.2, 0.25) is 6.04 Å². The second kappa shape index (κ2) is 12.4. The van der Waals surface area contributed by atoms with Crippen LogP contribution >= 0.6 is 0 Å². The lowest BCUT2D eigenvalue weighted by Crippen LogP contribution is -2.42. The largest absolute Gasteiger partial charge is 0.500 e. The van der Waals surface area contributed by atoms with E-state index in [1.807, 2.05) is 0 Å². The van der Waals surface area contributed by atoms with E-state index in [2.05, 4.69) is 0 Å². The number of hydrogen-bond donors (Lipinski definition) is 0. The minimum atomic E-state index is -2.40. The Morgan fingerprint density at radius 2 is 1.10 bits per heavy atom. The molecule has 0 radical (unpaired) electrons. The average molecular weight is 461 g/mol. The van der Waals surface area contributed by atoms with E-state index in [1.165, 1.54) is 64.2 Å². The summed E-state index contributed by atoms with van der Waals surface area (Å²) in [6.45, 7) is 0. The van der Waals surface area contributed by atoms with Crippen molar-refractivity contribution in [1.82, 2.24) is 0 Å². The first-order valence-corrected chi connectivity index (χ1v) is 14.9. The molecular formula is C25H46F2O3Si. The first-order valence-electron chi connectivity index (χ1n) is 12.9. The van der Waals surface area contributed by atoms with Gasteiger partial charge >= 0.3 is 8.80 Å². The molecule has 3 rings (SSSR count). The average Bonchev–Trinajstić information content (AvgIpc) is 2.82. The molecule has 0 aromatic carbocycles. The van der Waals surface area contributed by atoms with Crippen LogP contribution in [0, 0.1) is 29.6 Å². The Balaban J connectivity index is 1.30. The molecule has 0 saturated heterocycles. The van der Waals surface area contributed by atoms with Crippen molar-refractivity contribution in [3.63, 3.8) is 0 Å². The van der Waals surface area contributed by atoms with Crippen LogP contribution in [0.3, 0.4) is 0 Å². The van der Waals surface area contributed by atoms with Gasteiger partial charge < -0.3 is 13.3 Å². The van der Waals surface area contributed by atoms with Crippen molar-refractivity contribution >= 4 is 8.80 Å². The lowest BCUT2D eigenvalue weighted by molar-refractivity contribution is 0.0471. The van der Waals surface area contributed by atoms with E-state index in [9.17, 15) is 8.78 Å². The number of alkyl halides is 2. The van der Waals surface area contributed by atoms with Crippen molar-refractivity contribution in [2.75, 3.05) is 21.3 Å². The van der Waals surface area contributed by atoms with Crippen LogP contribution in [0.4, 0.5) is 8.78 Å². The van der Waals surface area contributed by atoms with Gasteiger partial charge in [-0.15, -0.1) is 0 Å². The SMILES string of the molecule is CO[Si](CCCCC1CCC(C2CCC(C3CCC(F)C(F)C3)CC2)CC1)(OC)OC. The van der Waals surface area contributed by atoms with Crippen molar-refractivity contribution in [2.24, 2.45) is 29.6 Å². The van der Waals surface area contributed by atoms with Crippen LogP contribution in [0.5, 0.6) is 0 Å². The van der Waals surface area contributed by atoms with E-state index in [0.717, 1.165) is 36.6 Å². The van der Waals surface area contributed by atoms with Gasteiger partial charge in [-0.3, -0.25) is 0 Å². The highest BCUT2D eigenvalue weighted by atomic mass is 28.4. The molecular weight excluding hydrogens is 414 g/mol. The van der Waals surface area contributed by atoms with Gasteiger partial charge in [0, 0.05) is 27.4 Å². The quantitative estimate of drug-likeness (QED) is 0.256. The van der Waals surface area contributed by atoms with Gasteiger partial charge in [0.25, 0.3) is 0 Å². The summed E-state index contributed by atoms with van der Waals surface area (Å²) in [7, 11) is 2.68. The summed E-state index contributed by atoms with van der Waals surface area (Å²) in [5, 5.41) is 0.